The first kappa shape index (κ1) is 20.6. The zero-order chi connectivity index (χ0) is 19.3. The van der Waals surface area contributed by atoms with Gasteiger partial charge in [0.15, 0.2) is 0 Å². The summed E-state index contributed by atoms with van der Waals surface area (Å²) < 4.78 is 31.6. The summed E-state index contributed by atoms with van der Waals surface area (Å²) in [5.41, 5.74) is 2.44. The number of carbonyl (C=O) groups excluding carboxylic acids is 1. The van der Waals surface area contributed by atoms with Crippen LogP contribution in [0.2, 0.25) is 0 Å². The third-order valence-electron chi connectivity index (χ3n) is 4.27. The lowest BCUT2D eigenvalue weighted by Crippen LogP contribution is -2.37. The Bertz CT molecular complexity index is 754. The highest BCUT2D eigenvalue weighted by molar-refractivity contribution is 7.92. The monoisotopic (exact) mass is 383 g/mol. The highest BCUT2D eigenvalue weighted by atomic mass is 32.2. The number of sulfonamides is 1. The van der Waals surface area contributed by atoms with Gasteiger partial charge in [-0.15, -0.1) is 0 Å². The van der Waals surface area contributed by atoms with E-state index in [1.165, 1.54) is 9.71 Å². The van der Waals surface area contributed by atoms with Gasteiger partial charge in [0, 0.05) is 31.3 Å². The average molecular weight is 383 g/mol. The van der Waals surface area contributed by atoms with Crippen molar-refractivity contribution in [2.75, 3.05) is 26.3 Å². The summed E-state index contributed by atoms with van der Waals surface area (Å²) in [6.07, 6.45) is 1.13. The fourth-order valence-corrected chi connectivity index (χ4v) is 3.93. The molecule has 0 radical (unpaired) electrons. The Morgan fingerprint density at radius 1 is 1.23 bits per heavy atom. The summed E-state index contributed by atoms with van der Waals surface area (Å²) in [6.45, 7) is 3.74. The van der Waals surface area contributed by atoms with Gasteiger partial charge >= 0.3 is 0 Å². The highest BCUT2D eigenvalue weighted by Gasteiger charge is 2.24. The normalized spacial score (nSPS) is 17.6. The predicted molar refractivity (Wildman–Crippen MR) is 98.3 cm³/mol. The topological polar surface area (TPSA) is 104 Å². The van der Waals surface area contributed by atoms with Crippen LogP contribution in [0.3, 0.4) is 0 Å². The molecule has 1 aliphatic rings. The van der Waals surface area contributed by atoms with Gasteiger partial charge in [0.1, 0.15) is 24.2 Å². The van der Waals surface area contributed by atoms with Gasteiger partial charge in [0.2, 0.25) is 10.0 Å². The third-order valence-corrected chi connectivity index (χ3v) is 5.83. The zero-order valence-corrected chi connectivity index (χ0v) is 15.8. The first-order valence-corrected chi connectivity index (χ1v) is 9.96. The molecule has 2 rings (SSSR count). The Morgan fingerprint density at radius 2 is 1.81 bits per heavy atom. The smallest absolute Gasteiger partial charge is 0.236 e. The Hall–Kier alpha value is -1.74. The molecule has 1 aromatic rings. The number of ether oxygens (including phenoxy) is 1. The molecule has 0 saturated carbocycles. The maximum absolute atomic E-state index is 12.4. The van der Waals surface area contributed by atoms with E-state index in [4.69, 9.17) is 9.84 Å². The minimum atomic E-state index is -3.56. The summed E-state index contributed by atoms with van der Waals surface area (Å²) in [7, 11) is -3.56. The molecule has 1 aromatic carbocycles. The molecule has 0 amide bonds. The van der Waals surface area contributed by atoms with Gasteiger partial charge in [-0.3, -0.25) is 4.79 Å². The largest absolute Gasteiger partial charge is 0.491 e. The van der Waals surface area contributed by atoms with Crippen LogP contribution < -0.4 is 4.74 Å². The lowest BCUT2D eigenvalue weighted by Gasteiger charge is -2.23. The summed E-state index contributed by atoms with van der Waals surface area (Å²) >= 11 is 0. The van der Waals surface area contributed by atoms with Crippen LogP contribution in [-0.2, 0) is 14.8 Å². The van der Waals surface area contributed by atoms with E-state index >= 15 is 0 Å². The van der Waals surface area contributed by atoms with E-state index in [0.29, 0.717) is 5.75 Å². The van der Waals surface area contributed by atoms with Crippen LogP contribution in [0.1, 0.15) is 29.5 Å². The van der Waals surface area contributed by atoms with Crippen LogP contribution in [0.15, 0.2) is 17.5 Å². The number of hydrogen-bond donors (Lipinski definition) is 2. The molecule has 2 N–H and O–H groups in total. The Balaban J connectivity index is 2.13. The fraction of sp³-hybridized carbons (Fsp3) is 0.500. The van der Waals surface area contributed by atoms with Crippen molar-refractivity contribution in [2.45, 2.75) is 32.8 Å². The van der Waals surface area contributed by atoms with Crippen LogP contribution in [0, 0.1) is 13.8 Å². The van der Waals surface area contributed by atoms with Crippen molar-refractivity contribution < 1.29 is 28.2 Å². The minimum Gasteiger partial charge on any atom is -0.491 e. The van der Waals surface area contributed by atoms with Gasteiger partial charge in [-0.25, -0.2) is 8.42 Å². The molecule has 0 aliphatic carbocycles. The number of benzene rings is 1. The number of aryl methyl sites for hydroxylation is 2. The van der Waals surface area contributed by atoms with Gasteiger partial charge in [0.05, 0.1) is 6.61 Å². The number of aliphatic hydroxyl groups excluding tert-OH is 2. The second-order valence-electron chi connectivity index (χ2n) is 6.40. The molecule has 0 unspecified atom stereocenters. The quantitative estimate of drug-likeness (QED) is 0.728. The first-order valence-electron chi connectivity index (χ1n) is 8.46. The molecule has 1 atom stereocenters. The van der Waals surface area contributed by atoms with E-state index in [9.17, 15) is 18.3 Å². The summed E-state index contributed by atoms with van der Waals surface area (Å²) in [4.78, 5) is 11.3. The molecule has 1 heterocycles. The Morgan fingerprint density at radius 3 is 2.35 bits per heavy atom. The minimum absolute atomic E-state index is 0.0212. The van der Waals surface area contributed by atoms with Crippen molar-refractivity contribution in [1.82, 2.24) is 4.31 Å². The standard InChI is InChI=1S/C18H25NO6S/c1-13-9-17(25-12-16(22)11-20)10-14(2)18(13)5-8-26(23,24)19-6-3-15(21)4-7-19/h5,8-10,16,20,22H,3-4,6-7,11-12H2,1-2H3/b8-5+/t16-/m1/s1. The van der Waals surface area contributed by atoms with Gasteiger partial charge in [0.25, 0.3) is 0 Å². The number of hydrogen-bond acceptors (Lipinski definition) is 6. The number of aliphatic hydroxyl groups is 2. The van der Waals surface area contributed by atoms with Crippen molar-refractivity contribution in [3.8, 4) is 5.75 Å². The first-order chi connectivity index (χ1) is 12.2. The van der Waals surface area contributed by atoms with Gasteiger partial charge in [-0.05, 0) is 48.7 Å². The van der Waals surface area contributed by atoms with Crippen molar-refractivity contribution in [3.05, 3.63) is 34.2 Å². The SMILES string of the molecule is Cc1cc(OC[C@H](O)CO)cc(C)c1/C=C/S(=O)(=O)N1CCC(=O)CC1. The molecule has 7 nitrogen and oxygen atoms in total. The van der Waals surface area contributed by atoms with Gasteiger partial charge in [-0.1, -0.05) is 0 Å². The predicted octanol–water partition coefficient (Wildman–Crippen LogP) is 1.00. The van der Waals surface area contributed by atoms with Crippen molar-refractivity contribution in [3.63, 3.8) is 0 Å². The number of Topliss-reactive ketones (excluding diaryl/α,β-unsaturated/α-hetero) is 1. The Kier molecular flexibility index (Phi) is 6.94. The Labute approximate surface area is 153 Å². The van der Waals surface area contributed by atoms with E-state index < -0.39 is 16.1 Å². The molecule has 1 aliphatic heterocycles. The summed E-state index contributed by atoms with van der Waals surface area (Å²) in [5, 5.41) is 19.3. The summed E-state index contributed by atoms with van der Waals surface area (Å²) in [6, 6.07) is 3.51. The van der Waals surface area contributed by atoms with Gasteiger partial charge in [-0.2, -0.15) is 4.31 Å². The summed E-state index contributed by atoms with van der Waals surface area (Å²) in [5.74, 6) is 0.635. The molecular weight excluding hydrogens is 358 g/mol. The second kappa shape index (κ2) is 8.77. The fourth-order valence-electron chi connectivity index (χ4n) is 2.76. The maximum atomic E-state index is 12.4. The maximum Gasteiger partial charge on any atom is 0.236 e. The number of nitrogens with zero attached hydrogens (tertiary/aromatic N) is 1. The molecule has 8 heteroatoms. The van der Waals surface area contributed by atoms with Crippen molar-refractivity contribution >= 4 is 21.9 Å². The second-order valence-corrected chi connectivity index (χ2v) is 8.22. The number of ketones is 1. The molecule has 0 aromatic heterocycles. The van der Waals surface area contributed by atoms with Crippen LogP contribution in [0.4, 0.5) is 0 Å². The van der Waals surface area contributed by atoms with Crippen molar-refractivity contribution in [2.24, 2.45) is 0 Å². The lowest BCUT2D eigenvalue weighted by molar-refractivity contribution is -0.120. The van der Waals surface area contributed by atoms with E-state index in [-0.39, 0.29) is 44.9 Å². The molecule has 1 saturated heterocycles. The number of piperidine rings is 1. The average Bonchev–Trinajstić information content (AvgIpc) is 2.59. The molecule has 144 valence electrons. The van der Waals surface area contributed by atoms with Crippen molar-refractivity contribution in [1.29, 1.82) is 0 Å². The van der Waals surface area contributed by atoms with E-state index in [1.807, 2.05) is 13.8 Å². The van der Waals surface area contributed by atoms with E-state index in [0.717, 1.165) is 16.7 Å². The van der Waals surface area contributed by atoms with E-state index in [1.54, 1.807) is 18.2 Å². The molecule has 26 heavy (non-hydrogen) atoms. The molecule has 0 bridgehead atoms. The number of rotatable bonds is 7. The zero-order valence-electron chi connectivity index (χ0n) is 15.0. The van der Waals surface area contributed by atoms with E-state index in [2.05, 4.69) is 0 Å². The van der Waals surface area contributed by atoms with Crippen LogP contribution in [0.5, 0.6) is 5.75 Å². The van der Waals surface area contributed by atoms with Crippen LogP contribution >= 0.6 is 0 Å². The molecular formula is C18H25NO6S. The van der Waals surface area contributed by atoms with Crippen LogP contribution in [0.25, 0.3) is 6.08 Å². The third kappa shape index (κ3) is 5.38. The van der Waals surface area contributed by atoms with Gasteiger partial charge < -0.3 is 14.9 Å². The molecule has 1 fully saturated rings. The highest BCUT2D eigenvalue weighted by Crippen LogP contribution is 2.24. The lowest BCUT2D eigenvalue weighted by atomic mass is 10.0. The van der Waals surface area contributed by atoms with Crippen LogP contribution in [-0.4, -0.2) is 61.1 Å². The molecule has 0 spiro atoms. The number of carbonyl (C=O) groups is 1.